The molecule has 5 nitrogen and oxygen atoms in total. The van der Waals surface area contributed by atoms with Crippen LogP contribution in [0.1, 0.15) is 11.1 Å². The minimum atomic E-state index is -0.159. The molecule has 0 radical (unpaired) electrons. The standard InChI is InChI=1S/C25H17Br2Cl3N2O3S/c1-32-24(33)23(36-25(32)31-15-4-5-16(26)19(29)10-15)9-14-8-21(34-2)22(11-17(14)27)35-12-13-3-6-18(28)20(30)7-13/h3-11H,12H2,1-2H3/b23-9+,31-25?. The van der Waals surface area contributed by atoms with Gasteiger partial charge in [-0.25, -0.2) is 4.99 Å². The molecule has 36 heavy (non-hydrogen) atoms. The summed E-state index contributed by atoms with van der Waals surface area (Å²) in [6, 6.07) is 14.3. The molecule has 0 bridgehead atoms. The highest BCUT2D eigenvalue weighted by Gasteiger charge is 2.30. The summed E-state index contributed by atoms with van der Waals surface area (Å²) in [6.07, 6.45) is 1.79. The number of methoxy groups -OCH3 is 1. The van der Waals surface area contributed by atoms with Crippen LogP contribution in [0.25, 0.3) is 6.08 Å². The van der Waals surface area contributed by atoms with Gasteiger partial charge in [-0.2, -0.15) is 0 Å². The van der Waals surface area contributed by atoms with Gasteiger partial charge in [0.25, 0.3) is 5.91 Å². The van der Waals surface area contributed by atoms with Crippen LogP contribution in [-0.4, -0.2) is 30.1 Å². The van der Waals surface area contributed by atoms with E-state index in [4.69, 9.17) is 44.3 Å². The van der Waals surface area contributed by atoms with Crippen LogP contribution in [-0.2, 0) is 11.4 Å². The number of carbonyl (C=O) groups excluding carboxylic acids is 1. The highest BCUT2D eigenvalue weighted by molar-refractivity contribution is 9.10. The number of thioether (sulfide) groups is 1. The molecule has 0 saturated carbocycles. The molecule has 3 aromatic rings. The molecule has 1 aliphatic rings. The molecule has 0 atom stereocenters. The molecule has 1 heterocycles. The smallest absolute Gasteiger partial charge is 0.266 e. The first-order chi connectivity index (χ1) is 17.2. The third-order valence-electron chi connectivity index (χ3n) is 5.08. The van der Waals surface area contributed by atoms with Gasteiger partial charge in [-0.3, -0.25) is 9.69 Å². The molecule has 1 amide bonds. The zero-order valence-electron chi connectivity index (χ0n) is 18.8. The zero-order chi connectivity index (χ0) is 26.0. The van der Waals surface area contributed by atoms with Gasteiger partial charge in [-0.05, 0) is 87.4 Å². The van der Waals surface area contributed by atoms with Gasteiger partial charge >= 0.3 is 0 Å². The van der Waals surface area contributed by atoms with Crippen molar-refractivity contribution >= 4 is 101 Å². The molecule has 0 aliphatic carbocycles. The molecular formula is C25H17Br2Cl3N2O3S. The first-order valence-corrected chi connectivity index (χ1v) is 13.9. The van der Waals surface area contributed by atoms with Gasteiger partial charge in [-0.1, -0.05) is 56.8 Å². The number of amides is 1. The van der Waals surface area contributed by atoms with Gasteiger partial charge in [0.05, 0.1) is 32.8 Å². The Morgan fingerprint density at radius 1 is 0.972 bits per heavy atom. The Kier molecular flexibility index (Phi) is 8.96. The predicted molar refractivity (Wildman–Crippen MR) is 156 cm³/mol. The van der Waals surface area contributed by atoms with Crippen LogP contribution >= 0.6 is 78.4 Å². The van der Waals surface area contributed by atoms with Crippen molar-refractivity contribution in [2.24, 2.45) is 4.99 Å². The normalized spacial score (nSPS) is 15.8. The van der Waals surface area contributed by atoms with Crippen molar-refractivity contribution in [3.05, 3.63) is 88.6 Å². The average molecular weight is 692 g/mol. The molecule has 4 rings (SSSR count). The summed E-state index contributed by atoms with van der Waals surface area (Å²) in [7, 11) is 3.24. The number of ether oxygens (including phenoxy) is 2. The van der Waals surface area contributed by atoms with E-state index in [1.165, 1.54) is 16.7 Å². The monoisotopic (exact) mass is 688 g/mol. The van der Waals surface area contributed by atoms with Crippen molar-refractivity contribution in [1.82, 2.24) is 4.90 Å². The Balaban J connectivity index is 1.57. The minimum Gasteiger partial charge on any atom is -0.493 e. The second-order valence-electron chi connectivity index (χ2n) is 7.53. The summed E-state index contributed by atoms with van der Waals surface area (Å²) in [5.74, 6) is 0.898. The second kappa shape index (κ2) is 11.8. The fourth-order valence-corrected chi connectivity index (χ4v) is 5.34. The van der Waals surface area contributed by atoms with E-state index in [0.717, 1.165) is 20.1 Å². The minimum absolute atomic E-state index is 0.159. The van der Waals surface area contributed by atoms with Crippen LogP contribution in [0.5, 0.6) is 11.5 Å². The van der Waals surface area contributed by atoms with E-state index < -0.39 is 0 Å². The first kappa shape index (κ1) is 27.4. The van der Waals surface area contributed by atoms with Crippen LogP contribution in [0.15, 0.2) is 67.4 Å². The highest BCUT2D eigenvalue weighted by atomic mass is 79.9. The van der Waals surface area contributed by atoms with Crippen molar-refractivity contribution in [2.45, 2.75) is 6.61 Å². The Hall–Kier alpha value is -1.68. The van der Waals surface area contributed by atoms with Gasteiger partial charge in [0.15, 0.2) is 16.7 Å². The third-order valence-corrected chi connectivity index (χ3v) is 8.80. The highest BCUT2D eigenvalue weighted by Crippen LogP contribution is 2.39. The Morgan fingerprint density at radius 3 is 2.44 bits per heavy atom. The van der Waals surface area contributed by atoms with E-state index in [1.807, 2.05) is 18.2 Å². The molecular weight excluding hydrogens is 675 g/mol. The van der Waals surface area contributed by atoms with Crippen LogP contribution < -0.4 is 9.47 Å². The van der Waals surface area contributed by atoms with Gasteiger partial charge in [-0.15, -0.1) is 0 Å². The lowest BCUT2D eigenvalue weighted by Gasteiger charge is -2.13. The SMILES string of the molecule is COc1cc(/C=C2/SC(=Nc3ccc(Br)c(Cl)c3)N(C)C2=O)c(Br)cc1OCc1ccc(Cl)c(Cl)c1. The lowest BCUT2D eigenvalue weighted by Crippen LogP contribution is -2.23. The van der Waals surface area contributed by atoms with Crippen molar-refractivity contribution in [2.75, 3.05) is 14.2 Å². The van der Waals surface area contributed by atoms with Gasteiger partial charge < -0.3 is 9.47 Å². The molecule has 1 fully saturated rings. The van der Waals surface area contributed by atoms with Gasteiger partial charge in [0.1, 0.15) is 6.61 Å². The summed E-state index contributed by atoms with van der Waals surface area (Å²) >= 11 is 26.5. The van der Waals surface area contributed by atoms with E-state index in [-0.39, 0.29) is 12.5 Å². The number of carbonyl (C=O) groups is 1. The van der Waals surface area contributed by atoms with Crippen LogP contribution in [0.3, 0.4) is 0 Å². The summed E-state index contributed by atoms with van der Waals surface area (Å²) in [4.78, 5) is 19.5. The molecule has 0 N–H and O–H groups in total. The van der Waals surface area contributed by atoms with Gasteiger partial charge in [0, 0.05) is 16.0 Å². The number of nitrogens with zero attached hydrogens (tertiary/aromatic N) is 2. The summed E-state index contributed by atoms with van der Waals surface area (Å²) in [5, 5.41) is 2.04. The second-order valence-corrected chi connectivity index (χ2v) is 11.5. The van der Waals surface area contributed by atoms with E-state index in [2.05, 4.69) is 36.9 Å². The Labute approximate surface area is 244 Å². The average Bonchev–Trinajstić information content (AvgIpc) is 3.11. The number of halogens is 5. The molecule has 0 spiro atoms. The van der Waals surface area contributed by atoms with Crippen molar-refractivity contribution in [3.8, 4) is 11.5 Å². The molecule has 1 aliphatic heterocycles. The fraction of sp³-hybridized carbons (Fsp3) is 0.120. The molecule has 0 unspecified atom stereocenters. The van der Waals surface area contributed by atoms with Crippen LogP contribution in [0, 0.1) is 0 Å². The van der Waals surface area contributed by atoms with E-state index in [9.17, 15) is 4.79 Å². The third kappa shape index (κ3) is 6.23. The molecule has 1 saturated heterocycles. The number of hydrogen-bond donors (Lipinski definition) is 0. The fourth-order valence-electron chi connectivity index (χ4n) is 3.18. The van der Waals surface area contributed by atoms with E-state index in [0.29, 0.717) is 42.3 Å². The number of aliphatic imine (C=N–C) groups is 1. The quantitative estimate of drug-likeness (QED) is 0.242. The maximum atomic E-state index is 12.9. The van der Waals surface area contributed by atoms with Crippen molar-refractivity contribution in [3.63, 3.8) is 0 Å². The van der Waals surface area contributed by atoms with E-state index in [1.54, 1.807) is 50.6 Å². The zero-order valence-corrected chi connectivity index (χ0v) is 25.1. The summed E-state index contributed by atoms with van der Waals surface area (Å²) in [5.41, 5.74) is 2.27. The van der Waals surface area contributed by atoms with Crippen LogP contribution in [0.4, 0.5) is 5.69 Å². The lowest BCUT2D eigenvalue weighted by atomic mass is 10.1. The molecule has 3 aromatic carbocycles. The van der Waals surface area contributed by atoms with E-state index >= 15 is 0 Å². The Bertz CT molecular complexity index is 1420. The number of benzene rings is 3. The first-order valence-electron chi connectivity index (χ1n) is 10.3. The largest absolute Gasteiger partial charge is 0.493 e. The summed E-state index contributed by atoms with van der Waals surface area (Å²) in [6.45, 7) is 0.277. The number of rotatable bonds is 6. The number of hydrogen-bond acceptors (Lipinski definition) is 5. The predicted octanol–water partition coefficient (Wildman–Crippen LogP) is 8.99. The number of likely N-dealkylation sites (N-methyl/N-ethyl adjacent to an activating group) is 1. The maximum absolute atomic E-state index is 12.9. The number of amidine groups is 1. The van der Waals surface area contributed by atoms with Crippen LogP contribution in [0.2, 0.25) is 15.1 Å². The van der Waals surface area contributed by atoms with Crippen molar-refractivity contribution < 1.29 is 14.3 Å². The molecule has 186 valence electrons. The topological polar surface area (TPSA) is 51.1 Å². The maximum Gasteiger partial charge on any atom is 0.266 e. The van der Waals surface area contributed by atoms with Crippen molar-refractivity contribution in [1.29, 1.82) is 0 Å². The molecule has 0 aromatic heterocycles. The Morgan fingerprint density at radius 2 is 1.75 bits per heavy atom. The van der Waals surface area contributed by atoms with Gasteiger partial charge in [0.2, 0.25) is 0 Å². The lowest BCUT2D eigenvalue weighted by molar-refractivity contribution is -0.121. The summed E-state index contributed by atoms with van der Waals surface area (Å²) < 4.78 is 13.0. The molecule has 11 heteroatoms.